The molecule has 0 radical (unpaired) electrons. The highest BCUT2D eigenvalue weighted by Crippen LogP contribution is 2.30. The fraction of sp³-hybridized carbons (Fsp3) is 0.952. The zero-order valence-corrected chi connectivity index (χ0v) is 21.9. The summed E-state index contributed by atoms with van der Waals surface area (Å²) in [7, 11) is 1.38. The van der Waals surface area contributed by atoms with Gasteiger partial charge in [0, 0.05) is 18.9 Å². The molecule has 0 aromatic carbocycles. The Morgan fingerprint density at radius 3 is 2.13 bits per heavy atom. The van der Waals surface area contributed by atoms with Gasteiger partial charge in [-0.25, -0.2) is 4.79 Å². The molecule has 0 spiro atoms. The highest BCUT2D eigenvalue weighted by Gasteiger charge is 2.49. The van der Waals surface area contributed by atoms with E-state index in [9.17, 15) is 45.4 Å². The second-order valence-electron chi connectivity index (χ2n) is 9.17. The summed E-state index contributed by atoms with van der Waals surface area (Å²) >= 11 is 5.64. The van der Waals surface area contributed by atoms with Gasteiger partial charge in [-0.2, -0.15) is 5.01 Å². The van der Waals surface area contributed by atoms with Gasteiger partial charge in [-0.05, 0) is 6.92 Å². The Labute approximate surface area is 224 Å². The standard InChI is InChI=1S/C21H38ClN3O13/c1-10(35-2)5-24(21(33)25(23-34)4-3-22)20-19(32)15(28)11(12(6-26)38-20)8-36-9-14-17(30)18(31)16(29)13(7-27)37-14/h10-20,26-32H,3-9H2,1-2H3. The van der Waals surface area contributed by atoms with Crippen LogP contribution in [0.1, 0.15) is 6.92 Å². The van der Waals surface area contributed by atoms with Crippen LogP contribution in [0.15, 0.2) is 5.29 Å². The molecule has 7 N–H and O–H groups in total. The Morgan fingerprint density at radius 1 is 0.947 bits per heavy atom. The van der Waals surface area contributed by atoms with Gasteiger partial charge in [0.05, 0.1) is 63.1 Å². The molecule has 2 aliphatic rings. The number of nitrogens with zero attached hydrogens (tertiary/aromatic N) is 3. The maximum Gasteiger partial charge on any atom is 0.345 e. The van der Waals surface area contributed by atoms with Crippen molar-refractivity contribution in [2.24, 2.45) is 11.2 Å². The van der Waals surface area contributed by atoms with E-state index >= 15 is 0 Å². The zero-order chi connectivity index (χ0) is 28.6. The lowest BCUT2D eigenvalue weighted by Gasteiger charge is -2.47. The van der Waals surface area contributed by atoms with Gasteiger partial charge in [0.15, 0.2) is 6.23 Å². The number of ether oxygens (including phenoxy) is 4. The molecule has 11 atom stereocenters. The van der Waals surface area contributed by atoms with Crippen LogP contribution in [-0.4, -0.2) is 165 Å². The van der Waals surface area contributed by atoms with Crippen LogP contribution in [-0.2, 0) is 18.9 Å². The molecule has 0 bridgehead atoms. The maximum atomic E-state index is 13.0. The number of amides is 2. The van der Waals surface area contributed by atoms with Crippen LogP contribution in [0.2, 0.25) is 0 Å². The molecule has 0 aliphatic carbocycles. The van der Waals surface area contributed by atoms with Crippen molar-refractivity contribution in [2.75, 3.05) is 52.5 Å². The lowest BCUT2D eigenvalue weighted by atomic mass is 9.88. The maximum absolute atomic E-state index is 13.0. The van der Waals surface area contributed by atoms with E-state index in [1.165, 1.54) is 7.11 Å². The van der Waals surface area contributed by atoms with Gasteiger partial charge in [-0.15, -0.1) is 16.5 Å². The number of carbonyl (C=O) groups is 1. The smallest absolute Gasteiger partial charge is 0.345 e. The van der Waals surface area contributed by atoms with Crippen molar-refractivity contribution in [3.05, 3.63) is 4.91 Å². The highest BCUT2D eigenvalue weighted by atomic mass is 35.5. The van der Waals surface area contributed by atoms with E-state index < -0.39 is 86.3 Å². The van der Waals surface area contributed by atoms with Crippen LogP contribution in [0.25, 0.3) is 0 Å². The largest absolute Gasteiger partial charge is 0.394 e. The van der Waals surface area contributed by atoms with Gasteiger partial charge in [0.1, 0.15) is 36.6 Å². The number of hydrogen-bond acceptors (Lipinski definition) is 14. The van der Waals surface area contributed by atoms with Crippen molar-refractivity contribution in [1.82, 2.24) is 9.91 Å². The first-order valence-electron chi connectivity index (χ1n) is 12.1. The number of aliphatic hydroxyl groups excluding tert-OH is 7. The third kappa shape index (κ3) is 7.67. The summed E-state index contributed by atoms with van der Waals surface area (Å²) in [6.45, 7) is -0.702. The average molecular weight is 576 g/mol. The van der Waals surface area contributed by atoms with Crippen LogP contribution in [0.4, 0.5) is 4.79 Å². The summed E-state index contributed by atoms with van der Waals surface area (Å²) in [4.78, 5) is 25.2. The predicted octanol–water partition coefficient (Wildman–Crippen LogP) is -3.42. The fourth-order valence-electron chi connectivity index (χ4n) is 4.32. The number of methoxy groups -OCH3 is 1. The van der Waals surface area contributed by atoms with Gasteiger partial charge in [0.25, 0.3) is 0 Å². The summed E-state index contributed by atoms with van der Waals surface area (Å²) < 4.78 is 21.8. The van der Waals surface area contributed by atoms with Crippen molar-refractivity contribution in [1.29, 1.82) is 0 Å². The Hall–Kier alpha value is -1.28. The lowest BCUT2D eigenvalue weighted by molar-refractivity contribution is -0.259. The summed E-state index contributed by atoms with van der Waals surface area (Å²) in [5.41, 5.74) is 0. The number of nitroso groups, excluding NO2 is 1. The van der Waals surface area contributed by atoms with Gasteiger partial charge in [0.2, 0.25) is 0 Å². The second-order valence-corrected chi connectivity index (χ2v) is 9.55. The fourth-order valence-corrected chi connectivity index (χ4v) is 4.48. The minimum Gasteiger partial charge on any atom is -0.394 e. The zero-order valence-electron chi connectivity index (χ0n) is 21.1. The van der Waals surface area contributed by atoms with Crippen molar-refractivity contribution >= 4 is 17.6 Å². The lowest BCUT2D eigenvalue weighted by Crippen LogP contribution is -2.64. The molecule has 2 rings (SSSR count). The number of rotatable bonds is 13. The first kappa shape index (κ1) is 32.9. The molecular formula is C21H38ClN3O13. The van der Waals surface area contributed by atoms with Crippen LogP contribution in [0, 0.1) is 10.8 Å². The molecule has 2 amide bonds. The normalized spacial score (nSPS) is 36.5. The number of alkyl halides is 1. The topological polar surface area (TPSA) is 232 Å². The van der Waals surface area contributed by atoms with E-state index in [-0.39, 0.29) is 32.2 Å². The van der Waals surface area contributed by atoms with Crippen molar-refractivity contribution in [3.63, 3.8) is 0 Å². The first-order valence-corrected chi connectivity index (χ1v) is 12.6. The molecule has 0 aromatic heterocycles. The number of hydrogen-bond donors (Lipinski definition) is 7. The summed E-state index contributed by atoms with van der Waals surface area (Å²) in [6.07, 6.45) is -13.5. The van der Waals surface area contributed by atoms with Crippen molar-refractivity contribution < 1.29 is 59.5 Å². The summed E-state index contributed by atoms with van der Waals surface area (Å²) in [5, 5.41) is 74.1. The minimum absolute atomic E-state index is 0.102. The van der Waals surface area contributed by atoms with Gasteiger partial charge < -0.3 is 54.7 Å². The predicted molar refractivity (Wildman–Crippen MR) is 128 cm³/mol. The molecule has 11 unspecified atom stereocenters. The van der Waals surface area contributed by atoms with Crippen LogP contribution in [0.3, 0.4) is 0 Å². The molecule has 17 heteroatoms. The molecule has 16 nitrogen and oxygen atoms in total. The SMILES string of the molecule is COC(C)CN(C(=O)N(CCCl)N=O)C1OC(CO)C(COCC2OC(CO)C(O)C(O)C2O)C(O)C1O. The number of halogens is 1. The molecule has 222 valence electrons. The number of carbonyl (C=O) groups excluding carboxylic acids is 1. The van der Waals surface area contributed by atoms with E-state index in [1.807, 2.05) is 0 Å². The van der Waals surface area contributed by atoms with E-state index in [0.29, 0.717) is 5.01 Å². The Kier molecular flexibility index (Phi) is 13.4. The van der Waals surface area contributed by atoms with E-state index in [2.05, 4.69) is 5.29 Å². The van der Waals surface area contributed by atoms with Crippen LogP contribution in [0.5, 0.6) is 0 Å². The number of urea groups is 1. The van der Waals surface area contributed by atoms with Gasteiger partial charge >= 0.3 is 6.03 Å². The summed E-state index contributed by atoms with van der Waals surface area (Å²) in [6, 6.07) is -0.963. The Balaban J connectivity index is 2.13. The molecule has 2 saturated heterocycles. The summed E-state index contributed by atoms with van der Waals surface area (Å²) in [5.74, 6) is -1.12. The molecular weight excluding hydrogens is 538 g/mol. The highest BCUT2D eigenvalue weighted by molar-refractivity contribution is 6.18. The van der Waals surface area contributed by atoms with E-state index in [4.69, 9.17) is 30.5 Å². The minimum atomic E-state index is -1.71. The van der Waals surface area contributed by atoms with Gasteiger partial charge in [-0.3, -0.25) is 4.90 Å². The number of aliphatic hydroxyl groups is 7. The molecule has 2 heterocycles. The first-order chi connectivity index (χ1) is 18.1. The Morgan fingerprint density at radius 2 is 1.58 bits per heavy atom. The van der Waals surface area contributed by atoms with Gasteiger partial charge in [-0.1, -0.05) is 0 Å². The molecule has 2 aliphatic heterocycles. The molecule has 0 saturated carbocycles. The van der Waals surface area contributed by atoms with Crippen LogP contribution >= 0.6 is 11.6 Å². The van der Waals surface area contributed by atoms with Crippen molar-refractivity contribution in [2.45, 2.75) is 68.1 Å². The molecule has 2 fully saturated rings. The quantitative estimate of drug-likeness (QED) is 0.0645. The molecule has 38 heavy (non-hydrogen) atoms. The van der Waals surface area contributed by atoms with Crippen LogP contribution < -0.4 is 0 Å². The second kappa shape index (κ2) is 15.5. The third-order valence-electron chi connectivity index (χ3n) is 6.66. The third-order valence-corrected chi connectivity index (χ3v) is 6.83. The molecule has 0 aromatic rings. The average Bonchev–Trinajstić information content (AvgIpc) is 2.92. The monoisotopic (exact) mass is 575 g/mol. The van der Waals surface area contributed by atoms with E-state index in [0.717, 1.165) is 4.90 Å². The van der Waals surface area contributed by atoms with E-state index in [1.54, 1.807) is 6.92 Å². The van der Waals surface area contributed by atoms with Crippen molar-refractivity contribution in [3.8, 4) is 0 Å². The Bertz CT molecular complexity index is 738.